The minimum absolute atomic E-state index is 0.632. The Bertz CT molecular complexity index is 3350. The molecular formula is C55H35N3. The highest BCUT2D eigenvalue weighted by Crippen LogP contribution is 2.35. The van der Waals surface area contributed by atoms with E-state index in [-0.39, 0.29) is 0 Å². The van der Waals surface area contributed by atoms with Gasteiger partial charge in [-0.15, -0.1) is 0 Å². The van der Waals surface area contributed by atoms with Gasteiger partial charge in [0.2, 0.25) is 0 Å². The molecule has 3 heteroatoms. The van der Waals surface area contributed by atoms with Crippen molar-refractivity contribution in [2.75, 3.05) is 0 Å². The van der Waals surface area contributed by atoms with Gasteiger partial charge in [-0.1, -0.05) is 176 Å². The number of benzene rings is 10. The van der Waals surface area contributed by atoms with Crippen LogP contribution in [0.1, 0.15) is 0 Å². The van der Waals surface area contributed by atoms with Gasteiger partial charge in [0.1, 0.15) is 0 Å². The van der Waals surface area contributed by atoms with E-state index in [2.05, 4.69) is 212 Å². The van der Waals surface area contributed by atoms with E-state index in [1.54, 1.807) is 0 Å². The van der Waals surface area contributed by atoms with Gasteiger partial charge in [-0.3, -0.25) is 0 Å². The van der Waals surface area contributed by atoms with Gasteiger partial charge in [0.05, 0.1) is 0 Å². The Labute approximate surface area is 336 Å². The first-order valence-electron chi connectivity index (χ1n) is 19.7. The molecule has 11 rings (SSSR count). The van der Waals surface area contributed by atoms with Crippen LogP contribution in [0.25, 0.3) is 111 Å². The van der Waals surface area contributed by atoms with E-state index in [0.29, 0.717) is 17.5 Å². The Hall–Kier alpha value is -7.75. The first kappa shape index (κ1) is 33.6. The second kappa shape index (κ2) is 14.1. The molecule has 0 spiro atoms. The van der Waals surface area contributed by atoms with Crippen LogP contribution in [0.2, 0.25) is 0 Å². The predicted octanol–water partition coefficient (Wildman–Crippen LogP) is 14.5. The van der Waals surface area contributed by atoms with Crippen LogP contribution in [0.15, 0.2) is 212 Å². The van der Waals surface area contributed by atoms with Crippen LogP contribution < -0.4 is 0 Å². The Morgan fingerprint density at radius 1 is 0.207 bits per heavy atom. The van der Waals surface area contributed by atoms with E-state index in [0.717, 1.165) is 49.4 Å². The fourth-order valence-corrected chi connectivity index (χ4v) is 8.18. The SMILES string of the molecule is c1ccc(-c2ccc3c(-c4nc(-c5cccc(-c6ccc7ccccc7c6)c5)nc(-c5ccc6cc(-c7ccc8ccccc8c7)ccc6c5)n4)cccc3c2)cc1. The first-order chi connectivity index (χ1) is 28.7. The number of rotatable bonds is 6. The minimum Gasteiger partial charge on any atom is -0.208 e. The molecule has 0 saturated heterocycles. The van der Waals surface area contributed by atoms with E-state index < -0.39 is 0 Å². The lowest BCUT2D eigenvalue weighted by Crippen LogP contribution is -2.01. The topological polar surface area (TPSA) is 38.7 Å². The summed E-state index contributed by atoms with van der Waals surface area (Å²) in [5.74, 6) is 1.91. The molecule has 3 nitrogen and oxygen atoms in total. The Kier molecular flexibility index (Phi) is 8.15. The summed E-state index contributed by atoms with van der Waals surface area (Å²) in [6.07, 6.45) is 0. The van der Waals surface area contributed by atoms with Crippen molar-refractivity contribution in [2.24, 2.45) is 0 Å². The second-order valence-corrected chi connectivity index (χ2v) is 14.9. The van der Waals surface area contributed by atoms with Crippen molar-refractivity contribution in [3.63, 3.8) is 0 Å². The van der Waals surface area contributed by atoms with Crippen molar-refractivity contribution < 1.29 is 0 Å². The van der Waals surface area contributed by atoms with Crippen LogP contribution in [-0.2, 0) is 0 Å². The highest BCUT2D eigenvalue weighted by molar-refractivity contribution is 5.98. The van der Waals surface area contributed by atoms with Gasteiger partial charge in [-0.05, 0) is 113 Å². The molecular weight excluding hydrogens is 703 g/mol. The van der Waals surface area contributed by atoms with Crippen LogP contribution in [0.4, 0.5) is 0 Å². The highest BCUT2D eigenvalue weighted by atomic mass is 15.0. The van der Waals surface area contributed by atoms with Gasteiger partial charge >= 0.3 is 0 Å². The van der Waals surface area contributed by atoms with Crippen LogP contribution >= 0.6 is 0 Å². The molecule has 0 aliphatic rings. The normalized spacial score (nSPS) is 11.4. The monoisotopic (exact) mass is 737 g/mol. The molecule has 10 aromatic carbocycles. The summed E-state index contributed by atoms with van der Waals surface area (Å²) >= 11 is 0. The van der Waals surface area contributed by atoms with Crippen LogP contribution in [0.3, 0.4) is 0 Å². The number of hydrogen-bond acceptors (Lipinski definition) is 3. The molecule has 1 aromatic heterocycles. The van der Waals surface area contributed by atoms with Gasteiger partial charge in [0.15, 0.2) is 17.5 Å². The summed E-state index contributed by atoms with van der Waals surface area (Å²) in [6.45, 7) is 0. The quantitative estimate of drug-likeness (QED) is 0.171. The molecule has 0 N–H and O–H groups in total. The third-order valence-electron chi connectivity index (χ3n) is 11.2. The molecule has 0 radical (unpaired) electrons. The van der Waals surface area contributed by atoms with Crippen molar-refractivity contribution in [1.29, 1.82) is 0 Å². The molecule has 1 heterocycles. The minimum atomic E-state index is 0.632. The summed E-state index contributed by atoms with van der Waals surface area (Å²) in [7, 11) is 0. The zero-order valence-corrected chi connectivity index (χ0v) is 31.5. The maximum Gasteiger partial charge on any atom is 0.164 e. The van der Waals surface area contributed by atoms with E-state index in [1.165, 1.54) is 43.8 Å². The van der Waals surface area contributed by atoms with Crippen molar-refractivity contribution in [1.82, 2.24) is 15.0 Å². The molecule has 0 bridgehead atoms. The maximum absolute atomic E-state index is 5.22. The number of aromatic nitrogens is 3. The van der Waals surface area contributed by atoms with Crippen LogP contribution in [0.5, 0.6) is 0 Å². The van der Waals surface area contributed by atoms with Crippen molar-refractivity contribution >= 4 is 43.1 Å². The average molecular weight is 738 g/mol. The zero-order valence-electron chi connectivity index (χ0n) is 31.5. The summed E-state index contributed by atoms with van der Waals surface area (Å²) in [5, 5.41) is 9.43. The second-order valence-electron chi connectivity index (χ2n) is 14.9. The van der Waals surface area contributed by atoms with Gasteiger partial charge in [0, 0.05) is 16.7 Å². The molecule has 0 fully saturated rings. The summed E-state index contributed by atoms with van der Waals surface area (Å²) in [5.41, 5.74) is 9.85. The first-order valence-corrected chi connectivity index (χ1v) is 19.7. The third-order valence-corrected chi connectivity index (χ3v) is 11.2. The molecule has 0 aliphatic heterocycles. The van der Waals surface area contributed by atoms with E-state index in [1.807, 2.05) is 0 Å². The molecule has 0 amide bonds. The Morgan fingerprint density at radius 2 is 0.586 bits per heavy atom. The van der Waals surface area contributed by atoms with Gasteiger partial charge in [0.25, 0.3) is 0 Å². The van der Waals surface area contributed by atoms with Crippen molar-refractivity contribution in [3.05, 3.63) is 212 Å². The Morgan fingerprint density at radius 3 is 1.24 bits per heavy atom. The standard InChI is InChI=1S/C55H35N3/c1-2-10-36(11-3-1)42-28-29-51-48(33-42)17-9-19-52(51)55-57-53(49-18-8-16-41(34-49)43-22-20-37-12-4-6-14-39(37)30-43)56-54(58-55)50-27-26-46-32-45(24-25-47(46)35-50)44-23-21-38-13-5-7-15-40(38)31-44/h1-35H. The average Bonchev–Trinajstić information content (AvgIpc) is 3.30. The van der Waals surface area contributed by atoms with E-state index >= 15 is 0 Å². The molecule has 270 valence electrons. The van der Waals surface area contributed by atoms with Crippen LogP contribution in [-0.4, -0.2) is 15.0 Å². The summed E-state index contributed by atoms with van der Waals surface area (Å²) in [4.78, 5) is 15.6. The Balaban J connectivity index is 1.04. The lowest BCUT2D eigenvalue weighted by molar-refractivity contribution is 1.08. The smallest absolute Gasteiger partial charge is 0.164 e. The number of fused-ring (bicyclic) bond motifs is 4. The number of nitrogens with zero attached hydrogens (tertiary/aromatic N) is 3. The molecule has 58 heavy (non-hydrogen) atoms. The molecule has 0 saturated carbocycles. The van der Waals surface area contributed by atoms with Crippen LogP contribution in [0, 0.1) is 0 Å². The predicted molar refractivity (Wildman–Crippen MR) is 242 cm³/mol. The summed E-state index contributed by atoms with van der Waals surface area (Å²) < 4.78 is 0. The van der Waals surface area contributed by atoms with E-state index in [9.17, 15) is 0 Å². The fraction of sp³-hybridized carbons (Fsp3) is 0. The lowest BCUT2D eigenvalue weighted by atomic mass is 9.97. The molecule has 0 unspecified atom stereocenters. The van der Waals surface area contributed by atoms with E-state index in [4.69, 9.17) is 15.0 Å². The largest absolute Gasteiger partial charge is 0.208 e. The zero-order chi connectivity index (χ0) is 38.4. The van der Waals surface area contributed by atoms with Crippen molar-refractivity contribution in [2.45, 2.75) is 0 Å². The van der Waals surface area contributed by atoms with Gasteiger partial charge in [-0.2, -0.15) is 0 Å². The lowest BCUT2D eigenvalue weighted by Gasteiger charge is -2.12. The molecule has 11 aromatic rings. The van der Waals surface area contributed by atoms with Gasteiger partial charge in [-0.25, -0.2) is 15.0 Å². The summed E-state index contributed by atoms with van der Waals surface area (Å²) in [6, 6.07) is 75.5. The number of hydrogen-bond donors (Lipinski definition) is 0. The van der Waals surface area contributed by atoms with Gasteiger partial charge < -0.3 is 0 Å². The van der Waals surface area contributed by atoms with Crippen molar-refractivity contribution in [3.8, 4) is 67.5 Å². The maximum atomic E-state index is 5.22. The molecule has 0 aliphatic carbocycles. The molecule has 0 atom stereocenters. The highest BCUT2D eigenvalue weighted by Gasteiger charge is 2.16. The third kappa shape index (κ3) is 6.25. The fourth-order valence-electron chi connectivity index (χ4n) is 8.18.